The molecule has 0 aliphatic rings. The second kappa shape index (κ2) is 1.92. The van der Waals surface area contributed by atoms with Crippen LogP contribution in [0.4, 0.5) is 0 Å². The second-order valence-electron chi connectivity index (χ2n) is 1.41. The molecular formula is C4H9NO+. The second-order valence-corrected chi connectivity index (χ2v) is 1.41. The van der Waals surface area contributed by atoms with Crippen molar-refractivity contribution in [3.05, 3.63) is 0 Å². The van der Waals surface area contributed by atoms with Crippen LogP contribution in [-0.2, 0) is 4.79 Å². The maximum Gasteiger partial charge on any atom is 0.357 e. The van der Waals surface area contributed by atoms with Crippen LogP contribution in [0.2, 0.25) is 0 Å². The van der Waals surface area contributed by atoms with Crippen LogP contribution >= 0.6 is 0 Å². The number of hydrogen-bond donors (Lipinski definition) is 0. The molecule has 0 spiro atoms. The molecule has 0 rings (SSSR count). The third-order valence-electron chi connectivity index (χ3n) is 0.630. The summed E-state index contributed by atoms with van der Waals surface area (Å²) in [5.41, 5.74) is 0. The van der Waals surface area contributed by atoms with Crippen LogP contribution in [0.1, 0.15) is 6.92 Å². The van der Waals surface area contributed by atoms with Gasteiger partial charge < -0.3 is 0 Å². The van der Waals surface area contributed by atoms with Crippen LogP contribution in [0.3, 0.4) is 0 Å². The van der Waals surface area contributed by atoms with Crippen molar-refractivity contribution in [3.63, 3.8) is 0 Å². The molecule has 6 heavy (non-hydrogen) atoms. The highest BCUT2D eigenvalue weighted by atomic mass is 16.2. The molecule has 0 atom stereocenters. The van der Waals surface area contributed by atoms with E-state index in [1.54, 1.807) is 14.1 Å². The first-order valence-corrected chi connectivity index (χ1v) is 1.82. The predicted octanol–water partition coefficient (Wildman–Crippen LogP) is -0.0674. The summed E-state index contributed by atoms with van der Waals surface area (Å²) in [6.45, 7) is 1.53. The van der Waals surface area contributed by atoms with Gasteiger partial charge in [0.05, 0.1) is 6.92 Å². The van der Waals surface area contributed by atoms with Gasteiger partial charge in [-0.05, 0) is 0 Å². The highest BCUT2D eigenvalue weighted by molar-refractivity contribution is 5.74. The topological polar surface area (TPSA) is 23.0 Å². The van der Waals surface area contributed by atoms with Gasteiger partial charge in [0, 0.05) is 0 Å². The van der Waals surface area contributed by atoms with Gasteiger partial charge >= 0.3 is 5.91 Å². The molecule has 0 aromatic carbocycles. The number of rotatable bonds is 0. The Balaban J connectivity index is 3.26. The summed E-state index contributed by atoms with van der Waals surface area (Å²) < 4.78 is 0. The molecule has 0 aromatic heterocycles. The average Bonchev–Trinajstić information content (AvgIpc) is 1.36. The summed E-state index contributed by atoms with van der Waals surface area (Å²) in [6, 6.07) is 0. The lowest BCUT2D eigenvalue weighted by atomic mass is 10.7. The van der Waals surface area contributed by atoms with Gasteiger partial charge in [-0.3, -0.25) is 0 Å². The third-order valence-corrected chi connectivity index (χ3v) is 0.630. The lowest BCUT2D eigenvalue weighted by Crippen LogP contribution is -2.23. The first kappa shape index (κ1) is 5.63. The molecular weight excluding hydrogens is 78.0 g/mol. The minimum absolute atomic E-state index is 0.0926. The standard InChI is InChI=1S/C4H9NO/c1-4(6)5(2)3/h1-3H3/q+1. The molecule has 1 radical (unpaired) electrons. The van der Waals surface area contributed by atoms with Crippen LogP contribution in [0.5, 0.6) is 0 Å². The molecule has 1 amide bonds. The van der Waals surface area contributed by atoms with Crippen molar-refractivity contribution in [3.8, 4) is 0 Å². The summed E-state index contributed by atoms with van der Waals surface area (Å²) in [5.74, 6) is 0.0926. The fourth-order valence-electron chi connectivity index (χ4n) is 0. The van der Waals surface area contributed by atoms with Gasteiger partial charge in [0.25, 0.3) is 0 Å². The lowest BCUT2D eigenvalue weighted by Gasteiger charge is -1.85. The summed E-state index contributed by atoms with van der Waals surface area (Å²) >= 11 is 0. The van der Waals surface area contributed by atoms with Crippen molar-refractivity contribution in [2.45, 2.75) is 6.92 Å². The normalized spacial score (nSPS) is 9.33. The minimum atomic E-state index is 0.0926. The van der Waals surface area contributed by atoms with Crippen LogP contribution < -0.4 is 4.90 Å². The molecule has 0 bridgehead atoms. The molecule has 2 heteroatoms. The fourth-order valence-corrected chi connectivity index (χ4v) is 0. The fraction of sp³-hybridized carbons (Fsp3) is 0.750. The molecule has 0 saturated carbocycles. The van der Waals surface area contributed by atoms with E-state index in [2.05, 4.69) is 0 Å². The Morgan fingerprint density at radius 1 is 1.50 bits per heavy atom. The van der Waals surface area contributed by atoms with Crippen molar-refractivity contribution in [2.75, 3.05) is 14.1 Å². The number of nitrogens with zero attached hydrogens (tertiary/aromatic N) is 1. The largest absolute Gasteiger partial charge is 0.357 e. The van der Waals surface area contributed by atoms with Crippen LogP contribution in [0.25, 0.3) is 0 Å². The zero-order valence-electron chi connectivity index (χ0n) is 4.36. The van der Waals surface area contributed by atoms with Crippen molar-refractivity contribution in [1.29, 1.82) is 0 Å². The van der Waals surface area contributed by atoms with Crippen molar-refractivity contribution in [1.82, 2.24) is 4.90 Å². The summed E-state index contributed by atoms with van der Waals surface area (Å²) in [7, 11) is 3.45. The Morgan fingerprint density at radius 2 is 1.67 bits per heavy atom. The first-order chi connectivity index (χ1) is 2.64. The van der Waals surface area contributed by atoms with Crippen molar-refractivity contribution in [2.24, 2.45) is 0 Å². The molecule has 35 valence electrons. The van der Waals surface area contributed by atoms with E-state index in [4.69, 9.17) is 0 Å². The maximum absolute atomic E-state index is 10.1. The van der Waals surface area contributed by atoms with Gasteiger partial charge in [0.15, 0.2) is 0 Å². The lowest BCUT2D eigenvalue weighted by molar-refractivity contribution is -0.122. The zero-order valence-corrected chi connectivity index (χ0v) is 4.36. The van der Waals surface area contributed by atoms with Crippen molar-refractivity contribution < 1.29 is 4.79 Å². The Morgan fingerprint density at radius 3 is 1.67 bits per heavy atom. The van der Waals surface area contributed by atoms with Gasteiger partial charge in [-0.25, -0.2) is 4.79 Å². The van der Waals surface area contributed by atoms with Gasteiger partial charge in [-0.2, -0.15) is 0 Å². The third kappa shape index (κ3) is 1.91. The van der Waals surface area contributed by atoms with E-state index >= 15 is 0 Å². The summed E-state index contributed by atoms with van der Waals surface area (Å²) in [5, 5.41) is 0. The van der Waals surface area contributed by atoms with Gasteiger partial charge in [0.1, 0.15) is 14.1 Å². The Bertz CT molecular complexity index is 58.6. The summed E-state index contributed by atoms with van der Waals surface area (Å²) in [4.78, 5) is 11.6. The molecule has 0 heterocycles. The van der Waals surface area contributed by atoms with E-state index in [-0.39, 0.29) is 5.91 Å². The Kier molecular flexibility index (Phi) is 1.81. The average molecular weight is 87.1 g/mol. The van der Waals surface area contributed by atoms with E-state index in [1.165, 1.54) is 11.8 Å². The number of hydrogen-bond acceptors (Lipinski definition) is 1. The predicted molar refractivity (Wildman–Crippen MR) is 24.7 cm³/mol. The molecule has 0 saturated heterocycles. The monoisotopic (exact) mass is 87.1 g/mol. The van der Waals surface area contributed by atoms with Gasteiger partial charge in [-0.1, -0.05) is 0 Å². The maximum atomic E-state index is 10.1. The van der Waals surface area contributed by atoms with Crippen LogP contribution in [-0.4, -0.2) is 20.0 Å². The molecule has 0 aliphatic carbocycles. The molecule has 0 aliphatic heterocycles. The molecule has 0 N–H and O–H groups in total. The van der Waals surface area contributed by atoms with E-state index in [9.17, 15) is 4.79 Å². The Hall–Kier alpha value is -0.370. The van der Waals surface area contributed by atoms with E-state index in [0.717, 1.165) is 0 Å². The number of carbonyl (C=O) groups excluding carboxylic acids is 1. The molecule has 0 aromatic rings. The first-order valence-electron chi connectivity index (χ1n) is 1.82. The number of carbonyl (C=O) groups is 1. The SMILES string of the molecule is CC(=O)[N+](C)C. The zero-order chi connectivity index (χ0) is 5.15. The molecule has 0 unspecified atom stereocenters. The summed E-state index contributed by atoms with van der Waals surface area (Å²) in [6.07, 6.45) is 0. The number of amides is 1. The molecule has 0 fully saturated rings. The van der Waals surface area contributed by atoms with Crippen LogP contribution in [0.15, 0.2) is 0 Å². The van der Waals surface area contributed by atoms with E-state index in [1.807, 2.05) is 0 Å². The quantitative estimate of drug-likeness (QED) is 0.379. The van der Waals surface area contributed by atoms with Crippen molar-refractivity contribution >= 4 is 5.91 Å². The highest BCUT2D eigenvalue weighted by Crippen LogP contribution is 1.64. The highest BCUT2D eigenvalue weighted by Gasteiger charge is 2.02. The van der Waals surface area contributed by atoms with Crippen LogP contribution in [0, 0.1) is 0 Å². The van der Waals surface area contributed by atoms with E-state index in [0.29, 0.717) is 0 Å². The Labute approximate surface area is 37.8 Å². The molecule has 2 nitrogen and oxygen atoms in total. The smallest absolute Gasteiger partial charge is 0.226 e. The van der Waals surface area contributed by atoms with Gasteiger partial charge in [0.2, 0.25) is 0 Å². The van der Waals surface area contributed by atoms with Gasteiger partial charge in [-0.15, -0.1) is 4.90 Å². The van der Waals surface area contributed by atoms with E-state index < -0.39 is 0 Å². The minimum Gasteiger partial charge on any atom is -0.226 e.